The monoisotopic (exact) mass is 370 g/mol. The van der Waals surface area contributed by atoms with Crippen molar-refractivity contribution in [2.45, 2.75) is 44.8 Å². The van der Waals surface area contributed by atoms with E-state index in [0.29, 0.717) is 30.1 Å². The summed E-state index contributed by atoms with van der Waals surface area (Å²) in [6.45, 7) is 1.71. The maximum absolute atomic E-state index is 12.7. The molecule has 2 aliphatic rings. The number of amides is 3. The van der Waals surface area contributed by atoms with Crippen LogP contribution < -0.4 is 5.32 Å². The Morgan fingerprint density at radius 2 is 2.04 bits per heavy atom. The van der Waals surface area contributed by atoms with Gasteiger partial charge in [0.25, 0.3) is 5.91 Å². The molecule has 0 unspecified atom stereocenters. The van der Waals surface area contributed by atoms with Crippen LogP contribution in [-0.4, -0.2) is 34.9 Å². The van der Waals surface area contributed by atoms with E-state index in [1.54, 1.807) is 6.07 Å². The van der Waals surface area contributed by atoms with Gasteiger partial charge < -0.3 is 14.5 Å². The van der Waals surface area contributed by atoms with Crippen molar-refractivity contribution in [2.24, 2.45) is 5.92 Å². The Hall–Kier alpha value is -2.83. The third-order valence-corrected chi connectivity index (χ3v) is 5.51. The Morgan fingerprint density at radius 3 is 2.78 bits per heavy atom. The molecule has 7 heteroatoms. The molecule has 7 nitrogen and oxygen atoms in total. The molecule has 3 amide bonds. The lowest BCUT2D eigenvalue weighted by Crippen LogP contribution is -2.49. The predicted octanol–water partition coefficient (Wildman–Crippen LogP) is 2.98. The lowest BCUT2D eigenvalue weighted by atomic mass is 9.77. The lowest BCUT2D eigenvalue weighted by molar-refractivity contribution is -0.149. The number of nitrogens with one attached hydrogen (secondary N) is 1. The first-order valence-electron chi connectivity index (χ1n) is 9.24. The molecule has 2 heterocycles. The van der Waals surface area contributed by atoms with Gasteiger partial charge in [-0.15, -0.1) is 0 Å². The van der Waals surface area contributed by atoms with E-state index in [0.717, 1.165) is 23.1 Å². The predicted molar refractivity (Wildman–Crippen MR) is 96.6 cm³/mol. The number of benzene rings is 1. The highest BCUT2D eigenvalue weighted by Crippen LogP contribution is 2.36. The summed E-state index contributed by atoms with van der Waals surface area (Å²) in [4.78, 5) is 38.1. The average Bonchev–Trinajstić information content (AvgIpc) is 3.17. The summed E-state index contributed by atoms with van der Waals surface area (Å²) in [6.07, 6.45) is 3.00. The number of urea groups is 1. The first kappa shape index (κ1) is 17.6. The second-order valence-electron chi connectivity index (χ2n) is 7.50. The molecular weight excluding hydrogens is 348 g/mol. The van der Waals surface area contributed by atoms with Gasteiger partial charge in [0, 0.05) is 5.39 Å². The van der Waals surface area contributed by atoms with E-state index in [2.05, 4.69) is 12.2 Å². The Kier molecular flexibility index (Phi) is 4.37. The SMILES string of the molecule is CC1CCC2(CC1)NC(=O)N(CC(=O)OCc1cc3ccccc3o1)C2=O. The van der Waals surface area contributed by atoms with Gasteiger partial charge in [-0.2, -0.15) is 0 Å². The maximum atomic E-state index is 12.7. The normalized spacial score (nSPS) is 25.2. The number of carbonyl (C=O) groups is 3. The third kappa shape index (κ3) is 3.29. The lowest BCUT2D eigenvalue weighted by Gasteiger charge is -2.33. The molecule has 4 rings (SSSR count). The second kappa shape index (κ2) is 6.72. The van der Waals surface area contributed by atoms with Crippen molar-refractivity contribution >= 4 is 28.9 Å². The molecule has 1 spiro atoms. The van der Waals surface area contributed by atoms with Crippen molar-refractivity contribution in [3.63, 3.8) is 0 Å². The van der Waals surface area contributed by atoms with Crippen molar-refractivity contribution < 1.29 is 23.5 Å². The van der Waals surface area contributed by atoms with Gasteiger partial charge in [0.15, 0.2) is 0 Å². The number of hydrogen-bond acceptors (Lipinski definition) is 5. The molecule has 0 atom stereocenters. The number of esters is 1. The van der Waals surface area contributed by atoms with Gasteiger partial charge in [0.05, 0.1) is 0 Å². The summed E-state index contributed by atoms with van der Waals surface area (Å²) in [5.41, 5.74) is -0.131. The van der Waals surface area contributed by atoms with Crippen molar-refractivity contribution in [2.75, 3.05) is 6.54 Å². The summed E-state index contributed by atoms with van der Waals surface area (Å²) < 4.78 is 10.8. The van der Waals surface area contributed by atoms with Crippen LogP contribution in [0.4, 0.5) is 4.79 Å². The van der Waals surface area contributed by atoms with Crippen LogP contribution in [0.5, 0.6) is 0 Å². The molecule has 0 bridgehead atoms. The van der Waals surface area contributed by atoms with Crippen LogP contribution in [0.2, 0.25) is 0 Å². The standard InChI is InChI=1S/C20H22N2O5/c1-13-6-8-20(9-7-13)18(24)22(19(25)21-20)11-17(23)26-12-15-10-14-4-2-3-5-16(14)27-15/h2-5,10,13H,6-9,11-12H2,1H3,(H,21,25). The number of furan rings is 1. The Morgan fingerprint density at radius 1 is 1.30 bits per heavy atom. The molecule has 1 aliphatic carbocycles. The first-order valence-corrected chi connectivity index (χ1v) is 9.24. The second-order valence-corrected chi connectivity index (χ2v) is 7.50. The van der Waals surface area contributed by atoms with Gasteiger partial charge in [0.1, 0.15) is 30.0 Å². The van der Waals surface area contributed by atoms with E-state index in [9.17, 15) is 14.4 Å². The van der Waals surface area contributed by atoms with E-state index in [1.165, 1.54) is 0 Å². The molecule has 1 saturated heterocycles. The fraction of sp³-hybridized carbons (Fsp3) is 0.450. The largest absolute Gasteiger partial charge is 0.457 e. The van der Waals surface area contributed by atoms with E-state index in [1.807, 2.05) is 24.3 Å². The zero-order valence-electron chi connectivity index (χ0n) is 15.2. The van der Waals surface area contributed by atoms with Gasteiger partial charge in [0.2, 0.25) is 0 Å². The first-order chi connectivity index (χ1) is 13.0. The molecule has 1 aromatic heterocycles. The number of carbonyl (C=O) groups excluding carboxylic acids is 3. The molecule has 1 N–H and O–H groups in total. The zero-order chi connectivity index (χ0) is 19.0. The fourth-order valence-electron chi connectivity index (χ4n) is 3.85. The highest BCUT2D eigenvalue weighted by atomic mass is 16.5. The Bertz CT molecular complexity index is 862. The molecule has 2 fully saturated rings. The molecule has 2 aromatic rings. The van der Waals surface area contributed by atoms with Crippen molar-refractivity contribution in [1.29, 1.82) is 0 Å². The van der Waals surface area contributed by atoms with Crippen molar-refractivity contribution in [1.82, 2.24) is 10.2 Å². The molecular formula is C20H22N2O5. The molecule has 142 valence electrons. The number of nitrogens with zero attached hydrogens (tertiary/aromatic N) is 1. The van der Waals surface area contributed by atoms with E-state index >= 15 is 0 Å². The summed E-state index contributed by atoms with van der Waals surface area (Å²) >= 11 is 0. The van der Waals surface area contributed by atoms with Gasteiger partial charge in [-0.25, -0.2) is 4.79 Å². The van der Waals surface area contributed by atoms with Crippen LogP contribution in [0.1, 0.15) is 38.4 Å². The van der Waals surface area contributed by atoms with Crippen LogP contribution in [0.15, 0.2) is 34.7 Å². The molecule has 1 saturated carbocycles. The van der Waals surface area contributed by atoms with Gasteiger partial charge in [-0.1, -0.05) is 25.1 Å². The summed E-state index contributed by atoms with van der Waals surface area (Å²) in [6, 6.07) is 8.78. The summed E-state index contributed by atoms with van der Waals surface area (Å²) in [7, 11) is 0. The topological polar surface area (TPSA) is 88.8 Å². The summed E-state index contributed by atoms with van der Waals surface area (Å²) in [5, 5.41) is 3.72. The van der Waals surface area contributed by atoms with Crippen LogP contribution >= 0.6 is 0 Å². The Labute approximate surface area is 156 Å². The Balaban J connectivity index is 1.36. The van der Waals surface area contributed by atoms with E-state index < -0.39 is 17.5 Å². The highest BCUT2D eigenvalue weighted by Gasteiger charge is 2.52. The molecule has 1 aliphatic heterocycles. The van der Waals surface area contributed by atoms with Crippen LogP contribution in [0, 0.1) is 5.92 Å². The fourth-order valence-corrected chi connectivity index (χ4v) is 3.85. The van der Waals surface area contributed by atoms with Gasteiger partial charge in [-0.3, -0.25) is 14.5 Å². The van der Waals surface area contributed by atoms with Crippen molar-refractivity contribution in [3.8, 4) is 0 Å². The zero-order valence-corrected chi connectivity index (χ0v) is 15.2. The molecule has 27 heavy (non-hydrogen) atoms. The van der Waals surface area contributed by atoms with Crippen LogP contribution in [0.3, 0.4) is 0 Å². The van der Waals surface area contributed by atoms with Gasteiger partial charge in [-0.05, 0) is 43.7 Å². The third-order valence-electron chi connectivity index (χ3n) is 5.51. The average molecular weight is 370 g/mol. The minimum atomic E-state index is -0.845. The van der Waals surface area contributed by atoms with Crippen molar-refractivity contribution in [3.05, 3.63) is 36.1 Å². The number of ether oxygens (including phenoxy) is 1. The van der Waals surface area contributed by atoms with E-state index in [4.69, 9.17) is 9.15 Å². The number of fused-ring (bicyclic) bond motifs is 1. The minimum Gasteiger partial charge on any atom is -0.457 e. The number of rotatable bonds is 4. The van der Waals surface area contributed by atoms with Crippen LogP contribution in [-0.2, 0) is 20.9 Å². The summed E-state index contributed by atoms with van der Waals surface area (Å²) in [5.74, 6) is 0.0999. The number of imide groups is 1. The number of para-hydroxylation sites is 1. The molecule has 1 aromatic carbocycles. The molecule has 0 radical (unpaired) electrons. The number of hydrogen-bond donors (Lipinski definition) is 1. The van der Waals surface area contributed by atoms with Gasteiger partial charge >= 0.3 is 12.0 Å². The smallest absolute Gasteiger partial charge is 0.326 e. The highest BCUT2D eigenvalue weighted by molar-refractivity contribution is 6.08. The quantitative estimate of drug-likeness (QED) is 0.660. The van der Waals surface area contributed by atoms with Crippen LogP contribution in [0.25, 0.3) is 11.0 Å². The maximum Gasteiger partial charge on any atom is 0.326 e. The minimum absolute atomic E-state index is 0.0418. The van der Waals surface area contributed by atoms with E-state index in [-0.39, 0.29) is 19.1 Å².